The van der Waals surface area contributed by atoms with Crippen molar-refractivity contribution in [2.24, 2.45) is 0 Å². The smallest absolute Gasteiger partial charge is 0.341 e. The van der Waals surface area contributed by atoms with Gasteiger partial charge in [-0.05, 0) is 0 Å². The van der Waals surface area contributed by atoms with Crippen molar-refractivity contribution in [3.63, 3.8) is 0 Å². The second kappa shape index (κ2) is 4.83. The Labute approximate surface area is 110 Å². The predicted octanol–water partition coefficient (Wildman–Crippen LogP) is -3.40. The number of aromatic nitrogens is 2. The minimum absolute atomic E-state index is 0.689. The Hall–Kier alpha value is -2.01. The van der Waals surface area contributed by atoms with E-state index in [4.69, 9.17) is 14.9 Å². The molecular weight excluding hydrogens is 276 g/mol. The molecule has 10 nitrogen and oxygen atoms in total. The first-order chi connectivity index (χ1) is 9.33. The molecule has 0 saturated carbocycles. The fourth-order valence-electron chi connectivity index (χ4n) is 2.01. The summed E-state index contributed by atoms with van der Waals surface area (Å²) in [7, 11) is 0. The Morgan fingerprint density at radius 3 is 2.55 bits per heavy atom. The van der Waals surface area contributed by atoms with Crippen LogP contribution in [0, 0.1) is 0 Å². The Bertz CT molecular complexity index is 637. The van der Waals surface area contributed by atoms with Crippen LogP contribution >= 0.6 is 0 Å². The Kier molecular flexibility index (Phi) is 3.48. The molecule has 20 heavy (non-hydrogen) atoms. The third kappa shape index (κ3) is 1.94. The van der Waals surface area contributed by atoms with Crippen LogP contribution in [0.4, 0.5) is 0 Å². The maximum atomic E-state index is 11.6. The number of nitrogens with zero attached hydrogens (tertiary/aromatic N) is 1. The fraction of sp³-hybridized carbons (Fsp3) is 0.500. The molecule has 1 aromatic heterocycles. The van der Waals surface area contributed by atoms with Crippen LogP contribution in [-0.2, 0) is 9.53 Å². The summed E-state index contributed by atoms with van der Waals surface area (Å²) in [6.07, 6.45) is -4.30. The van der Waals surface area contributed by atoms with Gasteiger partial charge in [0.15, 0.2) is 6.23 Å². The number of hydrogen-bond donors (Lipinski definition) is 5. The van der Waals surface area contributed by atoms with Crippen LogP contribution in [0.25, 0.3) is 0 Å². The first-order valence-corrected chi connectivity index (χ1v) is 5.53. The van der Waals surface area contributed by atoms with Crippen LogP contribution in [0.3, 0.4) is 0 Å². The van der Waals surface area contributed by atoms with Gasteiger partial charge in [0, 0.05) is 12.3 Å². The largest absolute Gasteiger partial charge is 0.479 e. The second-order valence-electron chi connectivity index (χ2n) is 4.31. The van der Waals surface area contributed by atoms with E-state index in [0.29, 0.717) is 0 Å². The number of carbonyl (C=O) groups is 1. The monoisotopic (exact) mass is 288 g/mol. The highest BCUT2D eigenvalue weighted by molar-refractivity contribution is 5.79. The van der Waals surface area contributed by atoms with Gasteiger partial charge in [-0.25, -0.2) is 9.59 Å². The highest BCUT2D eigenvalue weighted by Crippen LogP contribution is 2.36. The Morgan fingerprint density at radius 2 is 2.10 bits per heavy atom. The van der Waals surface area contributed by atoms with Crippen LogP contribution in [0.2, 0.25) is 0 Å². The summed E-state index contributed by atoms with van der Waals surface area (Å²) in [6.45, 7) is -1.10. The van der Waals surface area contributed by atoms with Gasteiger partial charge < -0.3 is 25.2 Å². The average Bonchev–Trinajstić information content (AvgIpc) is 2.64. The number of hydrogen-bond acceptors (Lipinski definition) is 7. The van der Waals surface area contributed by atoms with Crippen molar-refractivity contribution in [1.82, 2.24) is 9.55 Å². The molecule has 1 fully saturated rings. The third-order valence-corrected chi connectivity index (χ3v) is 3.15. The van der Waals surface area contributed by atoms with E-state index < -0.39 is 47.9 Å². The molecule has 0 radical (unpaired) electrons. The zero-order valence-electron chi connectivity index (χ0n) is 9.96. The molecule has 0 amide bonds. The molecule has 0 unspecified atom stereocenters. The van der Waals surface area contributed by atoms with Gasteiger partial charge in [0.25, 0.3) is 5.56 Å². The van der Waals surface area contributed by atoms with Crippen LogP contribution in [0.15, 0.2) is 21.9 Å². The van der Waals surface area contributed by atoms with Crippen LogP contribution < -0.4 is 11.2 Å². The van der Waals surface area contributed by atoms with Crippen molar-refractivity contribution in [2.45, 2.75) is 24.0 Å². The van der Waals surface area contributed by atoms with Crippen molar-refractivity contribution in [3.05, 3.63) is 33.1 Å². The van der Waals surface area contributed by atoms with E-state index in [1.54, 1.807) is 0 Å². The minimum atomic E-state index is -2.44. The Balaban J connectivity index is 2.47. The lowest BCUT2D eigenvalue weighted by Crippen LogP contribution is -2.52. The van der Waals surface area contributed by atoms with E-state index in [2.05, 4.69) is 0 Å². The first kappa shape index (κ1) is 14.4. The van der Waals surface area contributed by atoms with E-state index in [0.717, 1.165) is 16.8 Å². The fourth-order valence-corrected chi connectivity index (χ4v) is 2.01. The van der Waals surface area contributed by atoms with E-state index in [1.807, 2.05) is 4.98 Å². The van der Waals surface area contributed by atoms with Crippen molar-refractivity contribution in [3.8, 4) is 0 Å². The molecule has 1 aliphatic rings. The lowest BCUT2D eigenvalue weighted by Gasteiger charge is -2.24. The SMILES string of the molecule is O=C(O)[C@]1(CO)O[C@@H](n2ccc(=O)[nH]c2=O)[C@H](O)[C@@H]1O. The number of carboxylic acids is 1. The summed E-state index contributed by atoms with van der Waals surface area (Å²) in [5, 5.41) is 37.7. The maximum Gasteiger partial charge on any atom is 0.341 e. The number of aliphatic hydroxyl groups is 3. The topological polar surface area (TPSA) is 162 Å². The van der Waals surface area contributed by atoms with Gasteiger partial charge in [0.1, 0.15) is 12.2 Å². The highest BCUT2D eigenvalue weighted by atomic mass is 16.6. The lowest BCUT2D eigenvalue weighted by molar-refractivity contribution is -0.184. The summed E-state index contributed by atoms with van der Waals surface area (Å²) < 4.78 is 5.70. The predicted molar refractivity (Wildman–Crippen MR) is 60.9 cm³/mol. The third-order valence-electron chi connectivity index (χ3n) is 3.15. The zero-order chi connectivity index (χ0) is 15.1. The molecule has 2 rings (SSSR count). The average molecular weight is 288 g/mol. The number of ether oxygens (including phenoxy) is 1. The summed E-state index contributed by atoms with van der Waals surface area (Å²) in [5.74, 6) is -1.69. The number of nitrogens with one attached hydrogen (secondary N) is 1. The van der Waals surface area contributed by atoms with Crippen LogP contribution in [-0.4, -0.2) is 60.4 Å². The highest BCUT2D eigenvalue weighted by Gasteiger charge is 2.60. The molecule has 5 N–H and O–H groups in total. The Morgan fingerprint density at radius 1 is 1.45 bits per heavy atom. The molecule has 110 valence electrons. The molecule has 2 heterocycles. The summed E-state index contributed by atoms with van der Waals surface area (Å²) >= 11 is 0. The second-order valence-corrected chi connectivity index (χ2v) is 4.31. The normalized spacial score (nSPS) is 33.2. The number of carboxylic acid groups (broad SMARTS) is 1. The summed E-state index contributed by atoms with van der Waals surface area (Å²) in [4.78, 5) is 35.5. The van der Waals surface area contributed by atoms with Crippen molar-refractivity contribution in [2.75, 3.05) is 6.61 Å². The van der Waals surface area contributed by atoms with Crippen LogP contribution in [0.5, 0.6) is 0 Å². The number of rotatable bonds is 3. The zero-order valence-corrected chi connectivity index (χ0v) is 9.96. The molecule has 0 bridgehead atoms. The van der Waals surface area contributed by atoms with Gasteiger partial charge in [-0.3, -0.25) is 14.3 Å². The first-order valence-electron chi connectivity index (χ1n) is 5.53. The lowest BCUT2D eigenvalue weighted by atomic mass is 9.96. The van der Waals surface area contributed by atoms with Crippen molar-refractivity contribution >= 4 is 5.97 Å². The number of aromatic amines is 1. The van der Waals surface area contributed by atoms with Gasteiger partial charge in [-0.1, -0.05) is 0 Å². The van der Waals surface area contributed by atoms with E-state index in [-0.39, 0.29) is 0 Å². The molecule has 1 saturated heterocycles. The molecular formula is C10H12N2O8. The van der Waals surface area contributed by atoms with Gasteiger partial charge in [0.2, 0.25) is 5.60 Å². The van der Waals surface area contributed by atoms with Gasteiger partial charge >= 0.3 is 11.7 Å². The standard InChI is InChI=1S/C10H12N2O8/c13-3-10(8(17)18)6(16)5(15)7(20-10)12-2-1-4(14)11-9(12)19/h1-2,5-7,13,15-16H,3H2,(H,17,18)(H,11,14,19)/t5-,6+,7-,10-/m1/s1. The molecule has 0 aromatic carbocycles. The number of H-pyrrole nitrogens is 1. The van der Waals surface area contributed by atoms with Crippen LogP contribution in [0.1, 0.15) is 6.23 Å². The van der Waals surface area contributed by atoms with E-state index in [1.165, 1.54) is 0 Å². The molecule has 0 aliphatic carbocycles. The van der Waals surface area contributed by atoms with Gasteiger partial charge in [-0.15, -0.1) is 0 Å². The van der Waals surface area contributed by atoms with Crippen molar-refractivity contribution < 1.29 is 30.0 Å². The van der Waals surface area contributed by atoms with Gasteiger partial charge in [-0.2, -0.15) is 0 Å². The minimum Gasteiger partial charge on any atom is -0.479 e. The molecule has 1 aromatic rings. The number of aliphatic hydroxyl groups excluding tert-OH is 3. The molecule has 0 spiro atoms. The quantitative estimate of drug-likeness (QED) is 0.384. The van der Waals surface area contributed by atoms with E-state index in [9.17, 15) is 24.6 Å². The van der Waals surface area contributed by atoms with Crippen molar-refractivity contribution in [1.29, 1.82) is 0 Å². The number of aliphatic carboxylic acids is 1. The van der Waals surface area contributed by atoms with E-state index >= 15 is 0 Å². The molecule has 4 atom stereocenters. The molecule has 1 aliphatic heterocycles. The summed E-state index contributed by atoms with van der Waals surface area (Å²) in [6, 6.07) is 0.962. The maximum absolute atomic E-state index is 11.6. The molecule has 10 heteroatoms. The summed E-state index contributed by atoms with van der Waals surface area (Å²) in [5.41, 5.74) is -4.08. The van der Waals surface area contributed by atoms with Gasteiger partial charge in [0.05, 0.1) is 6.61 Å².